The van der Waals surface area contributed by atoms with E-state index >= 15 is 0 Å². The second-order valence-corrected chi connectivity index (χ2v) is 7.91. The Bertz CT molecular complexity index is 1330. The van der Waals surface area contributed by atoms with Gasteiger partial charge in [0.15, 0.2) is 0 Å². The molecule has 0 atom stereocenters. The highest BCUT2D eigenvalue weighted by Gasteiger charge is 2.17. The van der Waals surface area contributed by atoms with Crippen LogP contribution in [-0.2, 0) is 29.0 Å². The second-order valence-electron chi connectivity index (χ2n) is 7.91. The highest BCUT2D eigenvalue weighted by atomic mass is 16.5. The normalized spacial score (nSPS) is 10.9. The third-order valence-corrected chi connectivity index (χ3v) is 5.54. The number of benzene rings is 3. The van der Waals surface area contributed by atoms with E-state index in [1.54, 1.807) is 6.92 Å². The number of furan rings is 1. The standard InChI is InChI=1S/C28H26O6/c1-3-18-8-7-10-20(12-18)23-14-19(13-22-15-25(28(30)31)34-27(22)23)17-33-24-11-6-5-9-21(24)16-26(29)32-4-2/h5-15H,3-4,16-17H2,1-2H3,(H,30,31). The predicted molar refractivity (Wildman–Crippen MR) is 129 cm³/mol. The van der Waals surface area contributed by atoms with Crippen LogP contribution in [0.2, 0.25) is 0 Å². The average Bonchev–Trinajstić information content (AvgIpc) is 3.28. The molecule has 6 nitrogen and oxygen atoms in total. The lowest BCUT2D eigenvalue weighted by Crippen LogP contribution is -2.09. The van der Waals surface area contributed by atoms with E-state index in [4.69, 9.17) is 13.9 Å². The maximum absolute atomic E-state index is 12.0. The van der Waals surface area contributed by atoms with Crippen LogP contribution in [0.3, 0.4) is 0 Å². The number of ether oxygens (including phenoxy) is 2. The Balaban J connectivity index is 1.69. The summed E-state index contributed by atoms with van der Waals surface area (Å²) in [5.74, 6) is -0.933. The minimum atomic E-state index is -1.12. The minimum absolute atomic E-state index is 0.110. The lowest BCUT2D eigenvalue weighted by Gasteiger charge is -2.13. The van der Waals surface area contributed by atoms with Crippen molar-refractivity contribution in [3.8, 4) is 16.9 Å². The quantitative estimate of drug-likeness (QED) is 0.308. The summed E-state index contributed by atoms with van der Waals surface area (Å²) >= 11 is 0. The number of aromatic carboxylic acids is 1. The lowest BCUT2D eigenvalue weighted by molar-refractivity contribution is -0.142. The minimum Gasteiger partial charge on any atom is -0.489 e. The number of hydrogen-bond donors (Lipinski definition) is 1. The molecule has 0 aliphatic heterocycles. The average molecular weight is 459 g/mol. The van der Waals surface area contributed by atoms with Crippen LogP contribution in [0.25, 0.3) is 22.1 Å². The Labute approximate surface area is 197 Å². The highest BCUT2D eigenvalue weighted by Crippen LogP contribution is 2.34. The third kappa shape index (κ3) is 5.12. The van der Waals surface area contributed by atoms with Gasteiger partial charge in [0.2, 0.25) is 5.76 Å². The van der Waals surface area contributed by atoms with Gasteiger partial charge in [-0.2, -0.15) is 0 Å². The zero-order valence-electron chi connectivity index (χ0n) is 19.2. The number of carbonyl (C=O) groups excluding carboxylic acids is 1. The molecule has 0 amide bonds. The van der Waals surface area contributed by atoms with E-state index in [0.717, 1.165) is 28.7 Å². The number of hydrogen-bond acceptors (Lipinski definition) is 5. The largest absolute Gasteiger partial charge is 0.489 e. The van der Waals surface area contributed by atoms with Crippen molar-refractivity contribution in [2.75, 3.05) is 6.61 Å². The Morgan fingerprint density at radius 2 is 1.76 bits per heavy atom. The molecule has 0 spiro atoms. The van der Waals surface area contributed by atoms with Crippen LogP contribution in [0.1, 0.15) is 41.1 Å². The van der Waals surface area contributed by atoms with Crippen molar-refractivity contribution in [1.29, 1.82) is 0 Å². The van der Waals surface area contributed by atoms with Gasteiger partial charge in [0.05, 0.1) is 13.0 Å². The maximum Gasteiger partial charge on any atom is 0.371 e. The summed E-state index contributed by atoms with van der Waals surface area (Å²) in [6.07, 6.45) is 1.01. The van der Waals surface area contributed by atoms with Crippen LogP contribution >= 0.6 is 0 Å². The van der Waals surface area contributed by atoms with E-state index in [9.17, 15) is 14.7 Å². The molecular weight excluding hydrogens is 432 g/mol. The SMILES string of the molecule is CCOC(=O)Cc1ccccc1OCc1cc(-c2cccc(CC)c2)c2oc(C(=O)O)cc2c1. The molecule has 0 bridgehead atoms. The van der Waals surface area contributed by atoms with Gasteiger partial charge in [0.25, 0.3) is 0 Å². The van der Waals surface area contributed by atoms with Gasteiger partial charge in [-0.25, -0.2) is 4.79 Å². The van der Waals surface area contributed by atoms with Crippen LogP contribution in [0.15, 0.2) is 71.1 Å². The molecule has 4 aromatic rings. The first kappa shape index (κ1) is 23.1. The van der Waals surface area contributed by atoms with E-state index in [2.05, 4.69) is 19.1 Å². The number of esters is 1. The van der Waals surface area contributed by atoms with Crippen molar-refractivity contribution in [2.45, 2.75) is 33.3 Å². The fourth-order valence-corrected chi connectivity index (χ4v) is 3.90. The summed E-state index contributed by atoms with van der Waals surface area (Å²) in [7, 11) is 0. The molecule has 1 aromatic heterocycles. The summed E-state index contributed by atoms with van der Waals surface area (Å²) in [6.45, 7) is 4.43. The van der Waals surface area contributed by atoms with Crippen molar-refractivity contribution < 1.29 is 28.6 Å². The molecular formula is C28H26O6. The Morgan fingerprint density at radius 3 is 2.53 bits per heavy atom. The van der Waals surface area contributed by atoms with Gasteiger partial charge in [-0.15, -0.1) is 0 Å². The molecule has 1 heterocycles. The van der Waals surface area contributed by atoms with E-state index in [-0.39, 0.29) is 24.8 Å². The van der Waals surface area contributed by atoms with E-state index in [0.29, 0.717) is 23.3 Å². The van der Waals surface area contributed by atoms with Crippen molar-refractivity contribution >= 4 is 22.9 Å². The Kier molecular flexibility index (Phi) is 6.97. The second kappa shape index (κ2) is 10.3. The smallest absolute Gasteiger partial charge is 0.371 e. The lowest BCUT2D eigenvalue weighted by atomic mass is 9.98. The van der Waals surface area contributed by atoms with Crippen LogP contribution in [0, 0.1) is 0 Å². The number of para-hydroxylation sites is 1. The molecule has 0 unspecified atom stereocenters. The Hall–Kier alpha value is -4.06. The number of carboxylic acid groups (broad SMARTS) is 1. The van der Waals surface area contributed by atoms with Gasteiger partial charge < -0.3 is 19.0 Å². The number of rotatable bonds is 9. The summed E-state index contributed by atoms with van der Waals surface area (Å²) in [5.41, 5.74) is 5.05. The molecule has 4 rings (SSSR count). The summed E-state index contributed by atoms with van der Waals surface area (Å²) in [6, 6.07) is 20.8. The highest BCUT2D eigenvalue weighted by molar-refractivity contribution is 5.98. The molecule has 0 saturated carbocycles. The van der Waals surface area contributed by atoms with Gasteiger partial charge >= 0.3 is 11.9 Å². The molecule has 0 saturated heterocycles. The number of aryl methyl sites for hydroxylation is 1. The molecule has 0 radical (unpaired) electrons. The Morgan fingerprint density at radius 1 is 0.941 bits per heavy atom. The van der Waals surface area contributed by atoms with Crippen molar-refractivity contribution in [3.63, 3.8) is 0 Å². The third-order valence-electron chi connectivity index (χ3n) is 5.54. The zero-order chi connectivity index (χ0) is 24.1. The number of fused-ring (bicyclic) bond motifs is 1. The van der Waals surface area contributed by atoms with Gasteiger partial charge in [0, 0.05) is 16.5 Å². The van der Waals surface area contributed by atoms with Crippen LogP contribution in [-0.4, -0.2) is 23.7 Å². The molecule has 1 N–H and O–H groups in total. The fraction of sp³-hybridized carbons (Fsp3) is 0.214. The number of carboxylic acids is 1. The molecule has 0 aliphatic carbocycles. The fourth-order valence-electron chi connectivity index (χ4n) is 3.90. The van der Waals surface area contributed by atoms with Gasteiger partial charge in [0.1, 0.15) is 17.9 Å². The maximum atomic E-state index is 12.0. The molecule has 0 fully saturated rings. The van der Waals surface area contributed by atoms with Gasteiger partial charge in [-0.3, -0.25) is 4.79 Å². The van der Waals surface area contributed by atoms with Crippen LogP contribution in [0.5, 0.6) is 5.75 Å². The van der Waals surface area contributed by atoms with Crippen molar-refractivity contribution in [1.82, 2.24) is 0 Å². The first-order chi connectivity index (χ1) is 16.5. The molecule has 3 aromatic carbocycles. The zero-order valence-corrected chi connectivity index (χ0v) is 19.2. The van der Waals surface area contributed by atoms with Gasteiger partial charge in [-0.1, -0.05) is 49.4 Å². The van der Waals surface area contributed by atoms with E-state index < -0.39 is 5.97 Å². The van der Waals surface area contributed by atoms with E-state index in [1.807, 2.05) is 48.5 Å². The summed E-state index contributed by atoms with van der Waals surface area (Å²) < 4.78 is 16.9. The summed E-state index contributed by atoms with van der Waals surface area (Å²) in [5, 5.41) is 10.1. The summed E-state index contributed by atoms with van der Waals surface area (Å²) in [4.78, 5) is 23.5. The van der Waals surface area contributed by atoms with Crippen molar-refractivity contribution in [3.05, 3.63) is 89.2 Å². The first-order valence-electron chi connectivity index (χ1n) is 11.2. The topological polar surface area (TPSA) is 86.0 Å². The molecule has 6 heteroatoms. The monoisotopic (exact) mass is 458 g/mol. The van der Waals surface area contributed by atoms with Crippen molar-refractivity contribution in [2.24, 2.45) is 0 Å². The number of carbonyl (C=O) groups is 2. The predicted octanol–water partition coefficient (Wildman–Crippen LogP) is 6.05. The van der Waals surface area contributed by atoms with Crippen LogP contribution in [0.4, 0.5) is 0 Å². The van der Waals surface area contributed by atoms with E-state index in [1.165, 1.54) is 11.6 Å². The van der Waals surface area contributed by atoms with Crippen LogP contribution < -0.4 is 4.74 Å². The molecule has 34 heavy (non-hydrogen) atoms. The molecule has 0 aliphatic rings. The molecule has 174 valence electrons. The van der Waals surface area contributed by atoms with Gasteiger partial charge in [-0.05, 0) is 54.3 Å². The first-order valence-corrected chi connectivity index (χ1v) is 11.2.